The molecule has 4 N–H and O–H groups in total. The highest BCUT2D eigenvalue weighted by molar-refractivity contribution is 6.36. The van der Waals surface area contributed by atoms with E-state index in [1.54, 1.807) is 13.0 Å². The van der Waals surface area contributed by atoms with Gasteiger partial charge in [-0.2, -0.15) is 0 Å². The number of rotatable bonds is 11. The molecule has 7 rings (SSSR count). The largest absolute Gasteiger partial charge is 0.481 e. The summed E-state index contributed by atoms with van der Waals surface area (Å²) in [5.74, 6) is -0.310. The van der Waals surface area contributed by atoms with Crippen LogP contribution in [0.2, 0.25) is 5.02 Å². The number of benzene rings is 2. The summed E-state index contributed by atoms with van der Waals surface area (Å²) >= 11 is 7.01. The number of hydrogen-bond donors (Lipinski definition) is 4. The SMILES string of the molecule is Cc1c(NC(=O)c2nc3c(n2C)CCN(CC(C)O)C3)cccc1-c1cccc(NC(=O)c2nc3c(n2C)CCN(CC[C@H]2CC[C@H](C(=O)O)CC2)C3)c1Cl. The Morgan fingerprint density at radius 2 is 1.38 bits per heavy atom. The van der Waals surface area contributed by atoms with Crippen molar-refractivity contribution in [3.63, 3.8) is 0 Å². The number of carboxylic acids is 1. The number of anilines is 2. The number of β-amino-alcohol motifs (C(OH)–C–C–N with tert-alkyl or cyclic N) is 1. The predicted molar refractivity (Wildman–Crippen MR) is 211 cm³/mol. The number of imidazole rings is 2. The van der Waals surface area contributed by atoms with Gasteiger partial charge in [-0.1, -0.05) is 35.9 Å². The van der Waals surface area contributed by atoms with Crippen LogP contribution >= 0.6 is 11.6 Å². The molecule has 0 spiro atoms. The molecule has 0 saturated heterocycles. The second kappa shape index (κ2) is 16.3. The zero-order chi connectivity index (χ0) is 39.0. The van der Waals surface area contributed by atoms with Gasteiger partial charge in [-0.05, 0) is 81.7 Å². The molecule has 2 aromatic heterocycles. The minimum Gasteiger partial charge on any atom is -0.481 e. The van der Waals surface area contributed by atoms with Gasteiger partial charge >= 0.3 is 5.97 Å². The average Bonchev–Trinajstić information content (AvgIpc) is 3.67. The van der Waals surface area contributed by atoms with Crippen LogP contribution in [0.1, 0.15) is 88.6 Å². The lowest BCUT2D eigenvalue weighted by atomic mass is 9.80. The molecular formula is C41H51ClN8O5. The molecule has 2 amide bonds. The minimum absolute atomic E-state index is 0.195. The molecule has 55 heavy (non-hydrogen) atoms. The van der Waals surface area contributed by atoms with Crippen LogP contribution in [0.25, 0.3) is 11.1 Å². The molecule has 4 heterocycles. The van der Waals surface area contributed by atoms with Crippen LogP contribution in [0.3, 0.4) is 0 Å². The van der Waals surface area contributed by atoms with E-state index in [9.17, 15) is 24.6 Å². The number of aliphatic carboxylic acids is 1. The molecule has 2 aromatic carbocycles. The normalized spacial score (nSPS) is 19.4. The molecule has 3 aliphatic rings. The van der Waals surface area contributed by atoms with Crippen LogP contribution in [-0.2, 0) is 44.8 Å². The van der Waals surface area contributed by atoms with E-state index in [2.05, 4.69) is 20.4 Å². The first-order valence-electron chi connectivity index (χ1n) is 19.3. The summed E-state index contributed by atoms with van der Waals surface area (Å²) in [5, 5.41) is 25.6. The third kappa shape index (κ3) is 8.21. The maximum atomic E-state index is 13.7. The fourth-order valence-electron chi connectivity index (χ4n) is 8.61. The highest BCUT2D eigenvalue weighted by Gasteiger charge is 2.30. The van der Waals surface area contributed by atoms with Gasteiger partial charge in [0.1, 0.15) is 0 Å². The monoisotopic (exact) mass is 770 g/mol. The molecule has 1 aliphatic carbocycles. The van der Waals surface area contributed by atoms with Gasteiger partial charge in [-0.25, -0.2) is 9.97 Å². The summed E-state index contributed by atoms with van der Waals surface area (Å²) in [6.07, 6.45) is 5.62. The Bertz CT molecular complexity index is 2100. The van der Waals surface area contributed by atoms with Crippen molar-refractivity contribution in [1.29, 1.82) is 0 Å². The van der Waals surface area contributed by atoms with Crippen molar-refractivity contribution in [2.75, 3.05) is 36.8 Å². The lowest BCUT2D eigenvalue weighted by molar-refractivity contribution is -0.143. The highest BCUT2D eigenvalue weighted by atomic mass is 35.5. The van der Waals surface area contributed by atoms with Gasteiger partial charge in [-0.15, -0.1) is 0 Å². The maximum Gasteiger partial charge on any atom is 0.306 e. The highest BCUT2D eigenvalue weighted by Crippen LogP contribution is 2.38. The fourth-order valence-corrected chi connectivity index (χ4v) is 8.89. The van der Waals surface area contributed by atoms with E-state index in [-0.39, 0.29) is 17.7 Å². The number of aliphatic hydroxyl groups is 1. The number of nitrogens with zero attached hydrogens (tertiary/aromatic N) is 6. The van der Waals surface area contributed by atoms with E-state index in [4.69, 9.17) is 21.6 Å². The van der Waals surface area contributed by atoms with E-state index in [0.29, 0.717) is 59.2 Å². The first-order valence-corrected chi connectivity index (χ1v) is 19.7. The Balaban J connectivity index is 1.01. The van der Waals surface area contributed by atoms with Crippen LogP contribution in [0.4, 0.5) is 11.4 Å². The maximum absolute atomic E-state index is 13.7. The summed E-state index contributed by atoms with van der Waals surface area (Å²) in [5.41, 5.74) is 7.28. The molecule has 0 bridgehead atoms. The molecular weight excluding hydrogens is 720 g/mol. The number of nitrogens with one attached hydrogen (secondary N) is 2. The van der Waals surface area contributed by atoms with Crippen LogP contribution in [0.15, 0.2) is 36.4 Å². The topological polar surface area (TPSA) is 158 Å². The number of aromatic nitrogens is 4. The third-order valence-electron chi connectivity index (χ3n) is 11.8. The van der Waals surface area contributed by atoms with E-state index in [1.165, 1.54) is 0 Å². The first kappa shape index (κ1) is 38.7. The summed E-state index contributed by atoms with van der Waals surface area (Å²) < 4.78 is 3.74. The molecule has 292 valence electrons. The van der Waals surface area contributed by atoms with Gasteiger partial charge < -0.3 is 30.0 Å². The van der Waals surface area contributed by atoms with Crippen molar-refractivity contribution in [2.45, 2.75) is 78.0 Å². The molecule has 4 aromatic rings. The second-order valence-corrected chi connectivity index (χ2v) is 15.9. The Morgan fingerprint density at radius 3 is 1.98 bits per heavy atom. The summed E-state index contributed by atoms with van der Waals surface area (Å²) in [4.78, 5) is 52.6. The molecule has 1 atom stereocenters. The van der Waals surface area contributed by atoms with E-state index in [0.717, 1.165) is 98.5 Å². The van der Waals surface area contributed by atoms with Crippen molar-refractivity contribution in [1.82, 2.24) is 28.9 Å². The van der Waals surface area contributed by atoms with Crippen molar-refractivity contribution < 1.29 is 24.6 Å². The Morgan fingerprint density at radius 1 is 0.836 bits per heavy atom. The average molecular weight is 771 g/mol. The van der Waals surface area contributed by atoms with Gasteiger partial charge in [0.05, 0.1) is 34.1 Å². The molecule has 14 heteroatoms. The molecule has 2 aliphatic heterocycles. The molecule has 1 fully saturated rings. The van der Waals surface area contributed by atoms with E-state index >= 15 is 0 Å². The van der Waals surface area contributed by atoms with Gasteiger partial charge in [0, 0.05) is 82.3 Å². The Kier molecular flexibility index (Phi) is 11.4. The standard InChI is InChI=1S/C41H51ClN8O5/c1-24(51)21-50-20-17-35-33(23-50)44-37(48(35)4)39(52)45-30-9-5-7-28(25(30)2)29-8-6-10-31(36(29)42)46-40(53)38-43-32-22-49(19-16-34(32)47(38)3)18-15-26-11-13-27(14-12-26)41(54)55/h5-10,24,26-27,51H,11-23H2,1-4H3,(H,45,52)(H,46,53)(H,54,55)/t24?,26-,27-. The summed E-state index contributed by atoms with van der Waals surface area (Å²) in [6, 6.07) is 11.2. The number of aliphatic hydroxyl groups excluding tert-OH is 1. The molecule has 0 radical (unpaired) electrons. The van der Waals surface area contributed by atoms with Gasteiger partial charge in [0.15, 0.2) is 11.6 Å². The number of carboxylic acid groups (broad SMARTS) is 1. The Labute approximate surface area is 326 Å². The lowest BCUT2D eigenvalue weighted by Crippen LogP contribution is -2.36. The quantitative estimate of drug-likeness (QED) is 0.151. The first-order chi connectivity index (χ1) is 26.4. The number of fused-ring (bicyclic) bond motifs is 2. The smallest absolute Gasteiger partial charge is 0.306 e. The molecule has 1 saturated carbocycles. The van der Waals surface area contributed by atoms with Crippen molar-refractivity contribution in [3.05, 3.63) is 81.4 Å². The number of amides is 2. The molecule has 1 unspecified atom stereocenters. The fraction of sp³-hybridized carbons (Fsp3) is 0.488. The zero-order valence-corrected chi connectivity index (χ0v) is 32.8. The molecule has 13 nitrogen and oxygen atoms in total. The van der Waals surface area contributed by atoms with Crippen LogP contribution in [0, 0.1) is 18.8 Å². The van der Waals surface area contributed by atoms with Gasteiger partial charge in [-0.3, -0.25) is 24.2 Å². The van der Waals surface area contributed by atoms with E-state index in [1.807, 2.05) is 60.5 Å². The lowest BCUT2D eigenvalue weighted by Gasteiger charge is -2.30. The number of hydrogen-bond acceptors (Lipinski definition) is 8. The van der Waals surface area contributed by atoms with Crippen molar-refractivity contribution in [2.24, 2.45) is 25.9 Å². The van der Waals surface area contributed by atoms with E-state index < -0.39 is 12.1 Å². The summed E-state index contributed by atoms with van der Waals surface area (Å²) in [7, 11) is 3.74. The predicted octanol–water partition coefficient (Wildman–Crippen LogP) is 5.67. The van der Waals surface area contributed by atoms with Crippen LogP contribution in [0.5, 0.6) is 0 Å². The van der Waals surface area contributed by atoms with Crippen molar-refractivity contribution >= 4 is 40.8 Å². The minimum atomic E-state index is -0.669. The number of carbonyl (C=O) groups is 3. The van der Waals surface area contributed by atoms with Crippen LogP contribution in [-0.4, -0.2) is 89.2 Å². The second-order valence-electron chi connectivity index (χ2n) is 15.5. The van der Waals surface area contributed by atoms with Gasteiger partial charge in [0.25, 0.3) is 11.8 Å². The number of halogens is 1. The summed E-state index contributed by atoms with van der Waals surface area (Å²) in [6.45, 7) is 8.13. The zero-order valence-electron chi connectivity index (χ0n) is 32.1. The third-order valence-corrected chi connectivity index (χ3v) is 12.2. The van der Waals surface area contributed by atoms with Gasteiger partial charge in [0.2, 0.25) is 0 Å². The van der Waals surface area contributed by atoms with Crippen molar-refractivity contribution in [3.8, 4) is 11.1 Å². The Hall–Kier alpha value is -4.56. The number of carbonyl (C=O) groups excluding carboxylic acids is 2. The van der Waals surface area contributed by atoms with Crippen LogP contribution < -0.4 is 10.6 Å².